The number of carbonyl (C=O) groups is 1. The number of rotatable bonds is 12. The van der Waals surface area contributed by atoms with Crippen molar-refractivity contribution >= 4 is 29.0 Å². The second-order valence-electron chi connectivity index (χ2n) is 9.48. The third-order valence-electron chi connectivity index (χ3n) is 6.84. The van der Waals surface area contributed by atoms with Crippen LogP contribution in [0.2, 0.25) is 0 Å². The lowest BCUT2D eigenvalue weighted by Gasteiger charge is -2.25. The van der Waals surface area contributed by atoms with Gasteiger partial charge in [-0.05, 0) is 58.5 Å². The van der Waals surface area contributed by atoms with E-state index in [9.17, 15) is 4.79 Å². The van der Waals surface area contributed by atoms with Gasteiger partial charge in [-0.1, -0.05) is 61.5 Å². The van der Waals surface area contributed by atoms with E-state index in [4.69, 9.17) is 20.6 Å². The number of hydrogen-bond acceptors (Lipinski definition) is 6. The standard InChI is InChI=1S/C33H38N4O3/c1-2-30(25-7-4-3-5-8-25)33(27-12-15-31(35)28(23-27)24-34)26-10-13-29(14-11-26)40-20-17-36-16-6-9-32(38)37-18-21-39-22-19-37/h3-15,23-24,34,36H,2,16-22,35H2,1H3/b9-6+,33-30+,34-24?. The summed E-state index contributed by atoms with van der Waals surface area (Å²) in [6.45, 7) is 6.45. The van der Waals surface area contributed by atoms with Gasteiger partial charge in [-0.15, -0.1) is 0 Å². The molecular formula is C33H38N4O3. The first-order valence-electron chi connectivity index (χ1n) is 13.8. The first kappa shape index (κ1) is 28.8. The molecular weight excluding hydrogens is 500 g/mol. The Morgan fingerprint density at radius 1 is 1.02 bits per heavy atom. The van der Waals surface area contributed by atoms with Crippen LogP contribution >= 0.6 is 0 Å². The molecule has 1 saturated heterocycles. The predicted octanol–water partition coefficient (Wildman–Crippen LogP) is 5.02. The molecule has 0 aromatic heterocycles. The maximum Gasteiger partial charge on any atom is 0.246 e. The van der Waals surface area contributed by atoms with Crippen molar-refractivity contribution in [2.24, 2.45) is 0 Å². The van der Waals surface area contributed by atoms with Gasteiger partial charge in [-0.25, -0.2) is 0 Å². The summed E-state index contributed by atoms with van der Waals surface area (Å²) in [6, 6.07) is 24.4. The number of allylic oxidation sites excluding steroid dienone is 1. The summed E-state index contributed by atoms with van der Waals surface area (Å²) in [5.74, 6) is 0.819. The van der Waals surface area contributed by atoms with Gasteiger partial charge in [0.05, 0.1) is 13.2 Å². The molecule has 0 aliphatic carbocycles. The number of nitrogens with two attached hydrogens (primary N) is 1. The highest BCUT2D eigenvalue weighted by atomic mass is 16.5. The average Bonchev–Trinajstić information content (AvgIpc) is 3.01. The summed E-state index contributed by atoms with van der Waals surface area (Å²) in [6.07, 6.45) is 5.61. The van der Waals surface area contributed by atoms with Gasteiger partial charge in [0.2, 0.25) is 5.91 Å². The Labute approximate surface area is 236 Å². The number of morpholine rings is 1. The fourth-order valence-electron chi connectivity index (χ4n) is 4.73. The highest BCUT2D eigenvalue weighted by Crippen LogP contribution is 2.35. The minimum absolute atomic E-state index is 0.0290. The Hall–Kier alpha value is -4.20. The number of nitrogens with zero attached hydrogens (tertiary/aromatic N) is 1. The quantitative estimate of drug-likeness (QED) is 0.0989. The van der Waals surface area contributed by atoms with Gasteiger partial charge in [0.15, 0.2) is 0 Å². The molecule has 1 aliphatic rings. The molecule has 7 heteroatoms. The van der Waals surface area contributed by atoms with Crippen LogP contribution in [0, 0.1) is 5.41 Å². The Balaban J connectivity index is 1.40. The topological polar surface area (TPSA) is 101 Å². The first-order chi connectivity index (χ1) is 19.6. The molecule has 1 amide bonds. The molecule has 0 radical (unpaired) electrons. The third kappa shape index (κ3) is 7.68. The van der Waals surface area contributed by atoms with E-state index in [0.29, 0.717) is 57.3 Å². The number of ether oxygens (including phenoxy) is 2. The summed E-state index contributed by atoms with van der Waals surface area (Å²) in [7, 11) is 0. The zero-order chi connectivity index (χ0) is 28.2. The van der Waals surface area contributed by atoms with E-state index in [1.54, 1.807) is 11.0 Å². The van der Waals surface area contributed by atoms with E-state index in [1.165, 1.54) is 17.4 Å². The van der Waals surface area contributed by atoms with Crippen molar-refractivity contribution in [1.29, 1.82) is 5.41 Å². The largest absolute Gasteiger partial charge is 0.492 e. The molecule has 0 unspecified atom stereocenters. The molecule has 0 saturated carbocycles. The van der Waals surface area contributed by atoms with E-state index >= 15 is 0 Å². The molecule has 0 spiro atoms. The van der Waals surface area contributed by atoms with Crippen molar-refractivity contribution in [2.75, 3.05) is 51.7 Å². The molecule has 3 aromatic carbocycles. The van der Waals surface area contributed by atoms with Crippen LogP contribution in [0.1, 0.15) is 35.6 Å². The van der Waals surface area contributed by atoms with E-state index in [1.807, 2.05) is 42.5 Å². The van der Waals surface area contributed by atoms with Crippen molar-refractivity contribution in [2.45, 2.75) is 13.3 Å². The minimum Gasteiger partial charge on any atom is -0.492 e. The van der Waals surface area contributed by atoms with Gasteiger partial charge in [0.1, 0.15) is 12.4 Å². The van der Waals surface area contributed by atoms with Gasteiger partial charge in [-0.3, -0.25) is 4.79 Å². The monoisotopic (exact) mass is 538 g/mol. The van der Waals surface area contributed by atoms with Crippen LogP contribution in [0.25, 0.3) is 11.1 Å². The lowest BCUT2D eigenvalue weighted by molar-refractivity contribution is -0.129. The number of amides is 1. The summed E-state index contributed by atoms with van der Waals surface area (Å²) >= 11 is 0. The van der Waals surface area contributed by atoms with Gasteiger partial charge in [0.25, 0.3) is 0 Å². The van der Waals surface area contributed by atoms with Crippen molar-refractivity contribution in [3.05, 3.63) is 107 Å². The second kappa shape index (κ2) is 14.8. The highest BCUT2D eigenvalue weighted by Gasteiger charge is 2.15. The first-order valence-corrected chi connectivity index (χ1v) is 13.8. The normalized spacial score (nSPS) is 14.2. The number of nitrogens with one attached hydrogen (secondary N) is 2. The summed E-state index contributed by atoms with van der Waals surface area (Å²) < 4.78 is 11.2. The molecule has 208 valence electrons. The smallest absolute Gasteiger partial charge is 0.246 e. The highest BCUT2D eigenvalue weighted by molar-refractivity contribution is 6.00. The van der Waals surface area contributed by atoms with Crippen LogP contribution in [0.5, 0.6) is 5.75 Å². The maximum absolute atomic E-state index is 12.1. The van der Waals surface area contributed by atoms with Crippen molar-refractivity contribution in [3.8, 4) is 5.75 Å². The Bertz CT molecular complexity index is 1330. The Morgan fingerprint density at radius 3 is 2.45 bits per heavy atom. The van der Waals surface area contributed by atoms with Crippen LogP contribution in [0.15, 0.2) is 84.9 Å². The van der Waals surface area contributed by atoms with Crippen LogP contribution in [0.4, 0.5) is 5.69 Å². The number of hydrogen-bond donors (Lipinski definition) is 3. The number of carbonyl (C=O) groups excluding carboxylic acids is 1. The van der Waals surface area contributed by atoms with E-state index in [0.717, 1.165) is 28.9 Å². The van der Waals surface area contributed by atoms with E-state index < -0.39 is 0 Å². The lowest BCUT2D eigenvalue weighted by atomic mass is 9.87. The minimum atomic E-state index is 0.0290. The third-order valence-corrected chi connectivity index (χ3v) is 6.84. The number of anilines is 1. The SMILES string of the molecule is CC/C(=C(/c1ccc(OCCNC/C=C/C(=O)N2CCOCC2)cc1)c1ccc(N)c(C=N)c1)c1ccccc1. The zero-order valence-electron chi connectivity index (χ0n) is 23.1. The maximum atomic E-state index is 12.1. The van der Waals surface area contributed by atoms with Gasteiger partial charge in [-0.2, -0.15) is 0 Å². The molecule has 7 nitrogen and oxygen atoms in total. The predicted molar refractivity (Wildman–Crippen MR) is 163 cm³/mol. The average molecular weight is 539 g/mol. The van der Waals surface area contributed by atoms with Crippen molar-refractivity contribution in [1.82, 2.24) is 10.2 Å². The number of nitrogen functional groups attached to an aromatic ring is 1. The Kier molecular flexibility index (Phi) is 10.7. The summed E-state index contributed by atoms with van der Waals surface area (Å²) in [5.41, 5.74) is 13.0. The molecule has 1 heterocycles. The molecule has 1 fully saturated rings. The van der Waals surface area contributed by atoms with Gasteiger partial charge < -0.3 is 30.8 Å². The summed E-state index contributed by atoms with van der Waals surface area (Å²) in [5, 5.41) is 11.1. The molecule has 4 rings (SSSR count). The number of benzene rings is 3. The van der Waals surface area contributed by atoms with Crippen LogP contribution < -0.4 is 15.8 Å². The molecule has 4 N–H and O–H groups in total. The van der Waals surface area contributed by atoms with Crippen LogP contribution in [-0.4, -0.2) is 63.0 Å². The van der Waals surface area contributed by atoms with Gasteiger partial charge in [0, 0.05) is 49.7 Å². The molecule has 1 aliphatic heterocycles. The molecule has 40 heavy (non-hydrogen) atoms. The second-order valence-corrected chi connectivity index (χ2v) is 9.48. The van der Waals surface area contributed by atoms with Crippen molar-refractivity contribution in [3.63, 3.8) is 0 Å². The van der Waals surface area contributed by atoms with E-state index in [-0.39, 0.29) is 5.91 Å². The van der Waals surface area contributed by atoms with Crippen molar-refractivity contribution < 1.29 is 14.3 Å². The Morgan fingerprint density at radius 2 is 1.75 bits per heavy atom. The summed E-state index contributed by atoms with van der Waals surface area (Å²) in [4.78, 5) is 13.9. The molecule has 0 atom stereocenters. The zero-order valence-corrected chi connectivity index (χ0v) is 23.1. The fourth-order valence-corrected chi connectivity index (χ4v) is 4.73. The van der Waals surface area contributed by atoms with Crippen LogP contribution in [-0.2, 0) is 9.53 Å². The molecule has 0 bridgehead atoms. The lowest BCUT2D eigenvalue weighted by Crippen LogP contribution is -2.39. The van der Waals surface area contributed by atoms with E-state index in [2.05, 4.69) is 48.6 Å². The fraction of sp³-hybridized carbons (Fsp3) is 0.273. The molecule has 3 aromatic rings. The van der Waals surface area contributed by atoms with Gasteiger partial charge >= 0.3 is 0 Å². The van der Waals surface area contributed by atoms with Crippen LogP contribution in [0.3, 0.4) is 0 Å².